The summed E-state index contributed by atoms with van der Waals surface area (Å²) in [5.41, 5.74) is 1.16. The standard InChI is InChI=1S/C11H10N2O2/c1-8-12-4-5-13(8)11-3-2-10(15)6-9(11)7-14/h2-7,15H,1H3. The fourth-order valence-electron chi connectivity index (χ4n) is 1.49. The van der Waals surface area contributed by atoms with Crippen LogP contribution >= 0.6 is 0 Å². The summed E-state index contributed by atoms with van der Waals surface area (Å²) in [6.07, 6.45) is 4.15. The van der Waals surface area contributed by atoms with Crippen molar-refractivity contribution in [2.45, 2.75) is 6.92 Å². The van der Waals surface area contributed by atoms with Crippen LogP contribution in [0.25, 0.3) is 5.69 Å². The van der Waals surface area contributed by atoms with Gasteiger partial charge in [0.1, 0.15) is 11.6 Å². The van der Waals surface area contributed by atoms with E-state index in [9.17, 15) is 9.90 Å². The van der Waals surface area contributed by atoms with Gasteiger partial charge in [0.05, 0.1) is 5.69 Å². The van der Waals surface area contributed by atoms with Gasteiger partial charge in [0, 0.05) is 18.0 Å². The Morgan fingerprint density at radius 1 is 1.47 bits per heavy atom. The van der Waals surface area contributed by atoms with E-state index in [1.165, 1.54) is 6.07 Å². The minimum atomic E-state index is 0.0821. The first-order valence-electron chi connectivity index (χ1n) is 4.51. The molecule has 0 unspecified atom stereocenters. The first kappa shape index (κ1) is 9.45. The highest BCUT2D eigenvalue weighted by Gasteiger charge is 2.06. The van der Waals surface area contributed by atoms with Gasteiger partial charge >= 0.3 is 0 Å². The van der Waals surface area contributed by atoms with Crippen molar-refractivity contribution in [1.29, 1.82) is 0 Å². The minimum Gasteiger partial charge on any atom is -0.508 e. The van der Waals surface area contributed by atoms with Crippen LogP contribution in [0.1, 0.15) is 16.2 Å². The fourth-order valence-corrected chi connectivity index (χ4v) is 1.49. The maximum Gasteiger partial charge on any atom is 0.152 e. The number of aldehydes is 1. The molecule has 1 aromatic carbocycles. The normalized spacial score (nSPS) is 10.2. The van der Waals surface area contributed by atoms with Crippen LogP contribution in [0, 0.1) is 6.92 Å². The molecular formula is C11H10N2O2. The van der Waals surface area contributed by atoms with Crippen molar-refractivity contribution in [3.63, 3.8) is 0 Å². The molecule has 76 valence electrons. The number of hydrogen-bond donors (Lipinski definition) is 1. The van der Waals surface area contributed by atoms with Gasteiger partial charge in [-0.2, -0.15) is 0 Å². The second kappa shape index (κ2) is 3.57. The van der Waals surface area contributed by atoms with Gasteiger partial charge < -0.3 is 9.67 Å². The van der Waals surface area contributed by atoms with Gasteiger partial charge in [-0.1, -0.05) is 0 Å². The summed E-state index contributed by atoms with van der Waals surface area (Å²) in [7, 11) is 0. The summed E-state index contributed by atoms with van der Waals surface area (Å²) in [4.78, 5) is 14.9. The third-order valence-electron chi connectivity index (χ3n) is 2.22. The van der Waals surface area contributed by atoms with Gasteiger partial charge in [-0.3, -0.25) is 4.79 Å². The van der Waals surface area contributed by atoms with E-state index in [1.54, 1.807) is 29.1 Å². The summed E-state index contributed by atoms with van der Waals surface area (Å²) in [5.74, 6) is 0.877. The number of hydrogen-bond acceptors (Lipinski definition) is 3. The monoisotopic (exact) mass is 202 g/mol. The summed E-state index contributed by atoms with van der Waals surface area (Å²) >= 11 is 0. The lowest BCUT2D eigenvalue weighted by molar-refractivity contribution is 0.112. The number of carbonyl (C=O) groups excluding carboxylic acids is 1. The maximum absolute atomic E-state index is 10.8. The van der Waals surface area contributed by atoms with Crippen molar-refractivity contribution >= 4 is 6.29 Å². The molecule has 0 aliphatic rings. The quantitative estimate of drug-likeness (QED) is 0.754. The van der Waals surface area contributed by atoms with Crippen LogP contribution in [0.3, 0.4) is 0 Å². The molecule has 0 aliphatic heterocycles. The van der Waals surface area contributed by atoms with Crippen molar-refractivity contribution in [1.82, 2.24) is 9.55 Å². The predicted octanol–water partition coefficient (Wildman–Crippen LogP) is 1.70. The van der Waals surface area contributed by atoms with E-state index >= 15 is 0 Å². The highest BCUT2D eigenvalue weighted by molar-refractivity contribution is 5.81. The molecule has 0 amide bonds. The molecule has 1 aromatic heterocycles. The van der Waals surface area contributed by atoms with E-state index in [0.717, 1.165) is 11.5 Å². The minimum absolute atomic E-state index is 0.0821. The Morgan fingerprint density at radius 2 is 2.27 bits per heavy atom. The number of nitrogens with zero attached hydrogens (tertiary/aromatic N) is 2. The van der Waals surface area contributed by atoms with Gasteiger partial charge in [0.2, 0.25) is 0 Å². The molecule has 0 saturated carbocycles. The Balaban J connectivity index is 2.63. The number of carbonyl (C=O) groups is 1. The molecule has 15 heavy (non-hydrogen) atoms. The first-order valence-corrected chi connectivity index (χ1v) is 4.51. The summed E-state index contributed by atoms with van der Waals surface area (Å²) in [6, 6.07) is 4.66. The van der Waals surface area contributed by atoms with Crippen LogP contribution in [0.4, 0.5) is 0 Å². The van der Waals surface area contributed by atoms with E-state index in [-0.39, 0.29) is 5.75 Å². The van der Waals surface area contributed by atoms with E-state index in [0.29, 0.717) is 11.8 Å². The number of aryl methyl sites for hydroxylation is 1. The van der Waals surface area contributed by atoms with Gasteiger partial charge in [-0.05, 0) is 25.1 Å². The van der Waals surface area contributed by atoms with Gasteiger partial charge in [-0.25, -0.2) is 4.98 Å². The zero-order valence-corrected chi connectivity index (χ0v) is 8.21. The van der Waals surface area contributed by atoms with Crippen LogP contribution in [0.5, 0.6) is 5.75 Å². The second-order valence-corrected chi connectivity index (χ2v) is 3.21. The molecule has 0 spiro atoms. The predicted molar refractivity (Wildman–Crippen MR) is 55.4 cm³/mol. The maximum atomic E-state index is 10.8. The molecule has 0 aliphatic carbocycles. The second-order valence-electron chi connectivity index (χ2n) is 3.21. The lowest BCUT2D eigenvalue weighted by atomic mass is 10.2. The largest absolute Gasteiger partial charge is 0.508 e. The van der Waals surface area contributed by atoms with Crippen molar-refractivity contribution in [3.8, 4) is 11.4 Å². The van der Waals surface area contributed by atoms with Gasteiger partial charge in [-0.15, -0.1) is 0 Å². The molecule has 1 heterocycles. The summed E-state index contributed by atoms with van der Waals surface area (Å²) in [6.45, 7) is 1.85. The van der Waals surface area contributed by atoms with Gasteiger partial charge in [0.25, 0.3) is 0 Å². The lowest BCUT2D eigenvalue weighted by Gasteiger charge is -2.07. The molecule has 0 atom stereocenters. The number of benzene rings is 1. The van der Waals surface area contributed by atoms with Gasteiger partial charge in [0.15, 0.2) is 6.29 Å². The molecule has 2 rings (SSSR count). The molecule has 4 nitrogen and oxygen atoms in total. The third kappa shape index (κ3) is 1.61. The van der Waals surface area contributed by atoms with E-state index in [1.807, 2.05) is 6.92 Å². The number of aromatic hydroxyl groups is 1. The molecule has 1 N–H and O–H groups in total. The number of phenols is 1. The summed E-state index contributed by atoms with van der Waals surface area (Å²) in [5, 5.41) is 9.25. The van der Waals surface area contributed by atoms with Crippen LogP contribution in [-0.4, -0.2) is 20.9 Å². The highest BCUT2D eigenvalue weighted by Crippen LogP contribution is 2.19. The Hall–Kier alpha value is -2.10. The molecule has 0 fully saturated rings. The van der Waals surface area contributed by atoms with E-state index in [2.05, 4.69) is 4.98 Å². The topological polar surface area (TPSA) is 55.1 Å². The van der Waals surface area contributed by atoms with Crippen molar-refractivity contribution in [2.75, 3.05) is 0 Å². The molecular weight excluding hydrogens is 192 g/mol. The van der Waals surface area contributed by atoms with E-state index in [4.69, 9.17) is 0 Å². The Morgan fingerprint density at radius 3 is 2.87 bits per heavy atom. The summed E-state index contributed by atoms with van der Waals surface area (Å²) < 4.78 is 1.79. The molecule has 0 radical (unpaired) electrons. The SMILES string of the molecule is Cc1nccn1-c1ccc(O)cc1C=O. The zero-order chi connectivity index (χ0) is 10.8. The molecule has 0 saturated heterocycles. The number of imidazole rings is 1. The smallest absolute Gasteiger partial charge is 0.152 e. The number of phenolic OH excluding ortho intramolecular Hbond substituents is 1. The molecule has 0 bridgehead atoms. The number of aromatic nitrogens is 2. The van der Waals surface area contributed by atoms with Crippen molar-refractivity contribution in [2.24, 2.45) is 0 Å². The molecule has 4 heteroatoms. The van der Waals surface area contributed by atoms with Crippen molar-refractivity contribution in [3.05, 3.63) is 42.0 Å². The van der Waals surface area contributed by atoms with Crippen LogP contribution < -0.4 is 0 Å². The average molecular weight is 202 g/mol. The lowest BCUT2D eigenvalue weighted by Crippen LogP contribution is -1.99. The average Bonchev–Trinajstić information content (AvgIpc) is 2.64. The first-order chi connectivity index (χ1) is 7.22. The Labute approximate surface area is 86.8 Å². The van der Waals surface area contributed by atoms with Crippen LogP contribution in [-0.2, 0) is 0 Å². The highest BCUT2D eigenvalue weighted by atomic mass is 16.3. The Kier molecular flexibility index (Phi) is 2.25. The fraction of sp³-hybridized carbons (Fsp3) is 0.0909. The van der Waals surface area contributed by atoms with Crippen LogP contribution in [0.15, 0.2) is 30.6 Å². The van der Waals surface area contributed by atoms with E-state index < -0.39 is 0 Å². The zero-order valence-electron chi connectivity index (χ0n) is 8.21. The van der Waals surface area contributed by atoms with Crippen molar-refractivity contribution < 1.29 is 9.90 Å². The number of rotatable bonds is 2. The van der Waals surface area contributed by atoms with Crippen LogP contribution in [0.2, 0.25) is 0 Å². The molecule has 2 aromatic rings. The Bertz CT molecular complexity index is 503. The third-order valence-corrected chi connectivity index (χ3v) is 2.22.